The Kier molecular flexibility index (Phi) is 3.61. The van der Waals surface area contributed by atoms with E-state index in [1.807, 2.05) is 43.3 Å². The third-order valence-electron chi connectivity index (χ3n) is 3.97. The van der Waals surface area contributed by atoms with Crippen molar-refractivity contribution in [1.82, 2.24) is 24.6 Å². The lowest BCUT2D eigenvalue weighted by Gasteiger charge is -2.14. The number of hydrogen-bond donors (Lipinski definition) is 2. The number of carboxylic acids is 1. The Balaban J connectivity index is 1.89. The number of nitrogens with zero attached hydrogens (tertiary/aromatic N) is 6. The van der Waals surface area contributed by atoms with Crippen LogP contribution in [0.5, 0.6) is 0 Å². The van der Waals surface area contributed by atoms with Crippen LogP contribution < -0.4 is 10.2 Å². The predicted molar refractivity (Wildman–Crippen MR) is 97.1 cm³/mol. The average molecular weight is 349 g/mol. The maximum absolute atomic E-state index is 11.5. The fraction of sp³-hybridized carbons (Fsp3) is 0.118. The summed E-state index contributed by atoms with van der Waals surface area (Å²) >= 11 is 0. The van der Waals surface area contributed by atoms with E-state index in [1.54, 1.807) is 18.5 Å². The summed E-state index contributed by atoms with van der Waals surface area (Å²) < 4.78 is 1.38. The van der Waals surface area contributed by atoms with Gasteiger partial charge in [0, 0.05) is 37.9 Å². The number of fused-ring (bicyclic) bond motifs is 3. The minimum absolute atomic E-state index is 0.217. The van der Waals surface area contributed by atoms with Gasteiger partial charge in [0.15, 0.2) is 5.65 Å². The highest BCUT2D eigenvalue weighted by Gasteiger charge is 2.19. The number of aromatic nitrogens is 5. The number of carbonyl (C=O) groups is 1. The standard InChI is InChI=1S/C17H15N7O2/c1-23(2)11-5-3-10(4-6-11)19-17-20-13-7-8-18-9-12(13)14-21-22-15(16(25)26)24(14)17/h3-9H,1-2H3,(H,19,20)(H,25,26). The van der Waals surface area contributed by atoms with Crippen LogP contribution in [0.4, 0.5) is 17.3 Å². The Labute approximate surface area is 147 Å². The summed E-state index contributed by atoms with van der Waals surface area (Å²) in [5, 5.41) is 21.0. The van der Waals surface area contributed by atoms with E-state index in [4.69, 9.17) is 0 Å². The summed E-state index contributed by atoms with van der Waals surface area (Å²) in [5.74, 6) is -1.09. The van der Waals surface area contributed by atoms with Gasteiger partial charge < -0.3 is 15.3 Å². The van der Waals surface area contributed by atoms with E-state index in [1.165, 1.54) is 4.40 Å². The van der Waals surface area contributed by atoms with Gasteiger partial charge in [-0.15, -0.1) is 10.2 Å². The van der Waals surface area contributed by atoms with Crippen molar-refractivity contribution in [2.45, 2.75) is 0 Å². The fourth-order valence-electron chi connectivity index (χ4n) is 2.67. The van der Waals surface area contributed by atoms with E-state index >= 15 is 0 Å². The lowest BCUT2D eigenvalue weighted by Crippen LogP contribution is -2.10. The van der Waals surface area contributed by atoms with Gasteiger partial charge in [-0.3, -0.25) is 4.98 Å². The van der Waals surface area contributed by atoms with Crippen LogP contribution in [0.3, 0.4) is 0 Å². The lowest BCUT2D eigenvalue weighted by atomic mass is 10.2. The van der Waals surface area contributed by atoms with Gasteiger partial charge in [-0.1, -0.05) is 0 Å². The topological polar surface area (TPSA) is 109 Å². The number of pyridine rings is 1. The first-order valence-corrected chi connectivity index (χ1v) is 7.81. The summed E-state index contributed by atoms with van der Waals surface area (Å²) in [7, 11) is 3.92. The van der Waals surface area contributed by atoms with Gasteiger partial charge in [0.1, 0.15) is 0 Å². The Morgan fingerprint density at radius 1 is 1.15 bits per heavy atom. The third kappa shape index (κ3) is 2.55. The zero-order valence-corrected chi connectivity index (χ0v) is 14.1. The summed E-state index contributed by atoms with van der Waals surface area (Å²) in [6.07, 6.45) is 3.21. The van der Waals surface area contributed by atoms with Crippen molar-refractivity contribution in [3.63, 3.8) is 0 Å². The lowest BCUT2D eigenvalue weighted by molar-refractivity contribution is 0.0682. The van der Waals surface area contributed by atoms with E-state index in [9.17, 15) is 9.90 Å². The van der Waals surface area contributed by atoms with Crippen molar-refractivity contribution < 1.29 is 9.90 Å². The molecule has 3 heterocycles. The summed E-state index contributed by atoms with van der Waals surface area (Å²) in [6.45, 7) is 0. The predicted octanol–water partition coefficient (Wildman–Crippen LogP) is 2.18. The van der Waals surface area contributed by atoms with Crippen molar-refractivity contribution in [2.24, 2.45) is 0 Å². The molecule has 26 heavy (non-hydrogen) atoms. The normalized spacial score (nSPS) is 11.0. The Bertz CT molecular complexity index is 1120. The molecule has 0 amide bonds. The van der Waals surface area contributed by atoms with Crippen LogP contribution in [0.1, 0.15) is 10.6 Å². The van der Waals surface area contributed by atoms with Crippen LogP contribution in [0.2, 0.25) is 0 Å². The zero-order valence-electron chi connectivity index (χ0n) is 14.1. The number of carboxylic acid groups (broad SMARTS) is 1. The summed E-state index contributed by atoms with van der Waals surface area (Å²) in [4.78, 5) is 22.1. The van der Waals surface area contributed by atoms with Crippen molar-refractivity contribution in [3.05, 3.63) is 48.5 Å². The molecule has 1 aromatic carbocycles. The number of nitrogens with one attached hydrogen (secondary N) is 1. The monoisotopic (exact) mass is 349 g/mol. The molecule has 0 radical (unpaired) electrons. The van der Waals surface area contributed by atoms with Gasteiger partial charge >= 0.3 is 5.97 Å². The molecule has 0 saturated carbocycles. The first-order chi connectivity index (χ1) is 12.5. The van der Waals surface area contributed by atoms with Crippen LogP contribution in [0.15, 0.2) is 42.7 Å². The number of hydrogen-bond acceptors (Lipinski definition) is 7. The SMILES string of the molecule is CN(C)c1ccc(Nc2nc3ccncc3c3nnc(C(=O)O)n23)cc1. The highest BCUT2D eigenvalue weighted by atomic mass is 16.4. The van der Waals surface area contributed by atoms with Gasteiger partial charge in [-0.2, -0.15) is 0 Å². The molecule has 4 aromatic rings. The second-order valence-corrected chi connectivity index (χ2v) is 5.88. The number of aromatic carboxylic acids is 1. The molecular weight excluding hydrogens is 334 g/mol. The van der Waals surface area contributed by atoms with Gasteiger partial charge in [0.25, 0.3) is 0 Å². The van der Waals surface area contributed by atoms with Crippen LogP contribution >= 0.6 is 0 Å². The molecule has 2 N–H and O–H groups in total. The second-order valence-electron chi connectivity index (χ2n) is 5.88. The van der Waals surface area contributed by atoms with Crippen molar-refractivity contribution in [3.8, 4) is 0 Å². The molecule has 0 fully saturated rings. The molecular formula is C17H15N7O2. The molecule has 0 unspecified atom stereocenters. The van der Waals surface area contributed by atoms with Crippen LogP contribution in [0.25, 0.3) is 16.6 Å². The van der Waals surface area contributed by atoms with Crippen LogP contribution in [-0.2, 0) is 0 Å². The smallest absolute Gasteiger partial charge is 0.374 e. The van der Waals surface area contributed by atoms with Gasteiger partial charge in [-0.05, 0) is 30.3 Å². The number of rotatable bonds is 4. The molecule has 3 aromatic heterocycles. The molecule has 4 rings (SSSR count). The quantitative estimate of drug-likeness (QED) is 0.577. The highest BCUT2D eigenvalue weighted by Crippen LogP contribution is 2.24. The van der Waals surface area contributed by atoms with Crippen LogP contribution in [0, 0.1) is 0 Å². The molecule has 9 heteroatoms. The van der Waals surface area contributed by atoms with E-state index in [2.05, 4.69) is 25.5 Å². The minimum atomic E-state index is -1.19. The molecule has 0 atom stereocenters. The molecule has 0 saturated heterocycles. The average Bonchev–Trinajstić information content (AvgIpc) is 3.08. The van der Waals surface area contributed by atoms with Gasteiger partial charge in [0.05, 0.1) is 10.9 Å². The number of anilines is 3. The fourth-order valence-corrected chi connectivity index (χ4v) is 2.67. The maximum atomic E-state index is 11.5. The number of benzene rings is 1. The van der Waals surface area contributed by atoms with E-state index in [0.29, 0.717) is 22.5 Å². The summed E-state index contributed by atoms with van der Waals surface area (Å²) in [5.41, 5.74) is 2.84. The van der Waals surface area contributed by atoms with Crippen LogP contribution in [-0.4, -0.2) is 49.7 Å². The molecule has 0 bridgehead atoms. The molecule has 9 nitrogen and oxygen atoms in total. The van der Waals surface area contributed by atoms with E-state index < -0.39 is 5.97 Å². The third-order valence-corrected chi connectivity index (χ3v) is 3.97. The Morgan fingerprint density at radius 2 is 1.92 bits per heavy atom. The zero-order chi connectivity index (χ0) is 18.3. The van der Waals surface area contributed by atoms with Crippen molar-refractivity contribution >= 4 is 39.8 Å². The Hall–Kier alpha value is -3.75. The van der Waals surface area contributed by atoms with E-state index in [-0.39, 0.29) is 5.82 Å². The summed E-state index contributed by atoms with van der Waals surface area (Å²) in [6, 6.07) is 9.43. The van der Waals surface area contributed by atoms with Gasteiger partial charge in [0.2, 0.25) is 11.8 Å². The minimum Gasteiger partial charge on any atom is -0.475 e. The molecule has 0 aliphatic rings. The first kappa shape index (κ1) is 15.8. The Morgan fingerprint density at radius 3 is 2.62 bits per heavy atom. The molecule has 0 aliphatic heterocycles. The van der Waals surface area contributed by atoms with Crippen molar-refractivity contribution in [2.75, 3.05) is 24.3 Å². The highest BCUT2D eigenvalue weighted by molar-refractivity contribution is 5.94. The first-order valence-electron chi connectivity index (χ1n) is 7.81. The molecule has 0 spiro atoms. The van der Waals surface area contributed by atoms with E-state index in [0.717, 1.165) is 11.4 Å². The van der Waals surface area contributed by atoms with Crippen molar-refractivity contribution in [1.29, 1.82) is 0 Å². The maximum Gasteiger partial charge on any atom is 0.374 e. The molecule has 0 aliphatic carbocycles. The molecule has 130 valence electrons. The largest absolute Gasteiger partial charge is 0.475 e. The van der Waals surface area contributed by atoms with Gasteiger partial charge in [-0.25, -0.2) is 14.2 Å². The second kappa shape index (κ2) is 5.96.